The van der Waals surface area contributed by atoms with E-state index in [0.717, 1.165) is 4.88 Å². The van der Waals surface area contributed by atoms with Crippen molar-refractivity contribution in [1.29, 1.82) is 0 Å². The lowest BCUT2D eigenvalue weighted by Crippen LogP contribution is -2.51. The van der Waals surface area contributed by atoms with E-state index < -0.39 is 11.4 Å². The van der Waals surface area contributed by atoms with Crippen LogP contribution < -0.4 is 11.1 Å². The molecule has 2 aromatic rings. The van der Waals surface area contributed by atoms with Gasteiger partial charge in [-0.15, -0.1) is 11.3 Å². The summed E-state index contributed by atoms with van der Waals surface area (Å²) in [5.74, 6) is 0.291. The fourth-order valence-electron chi connectivity index (χ4n) is 1.65. The highest BCUT2D eigenvalue weighted by atomic mass is 35.5. The normalized spacial score (nSPS) is 13.4. The van der Waals surface area contributed by atoms with E-state index in [-0.39, 0.29) is 6.04 Å². The van der Waals surface area contributed by atoms with Crippen LogP contribution in [0, 0.1) is 0 Å². The fourth-order valence-corrected chi connectivity index (χ4v) is 2.77. The topological polar surface area (TPSA) is 68.3 Å². The molecule has 2 heterocycles. The quantitative estimate of drug-likeness (QED) is 0.892. The Morgan fingerprint density at radius 1 is 1.47 bits per heavy atom. The van der Waals surface area contributed by atoms with Crippen LogP contribution in [0.15, 0.2) is 34.9 Å². The SMILES string of the molecule is CC(C)(NC(c1ccco1)c1ccc(Cl)s1)C(N)=O. The minimum Gasteiger partial charge on any atom is -0.467 e. The number of furan rings is 1. The number of carbonyl (C=O) groups excluding carboxylic acids is 1. The van der Waals surface area contributed by atoms with E-state index in [1.807, 2.05) is 18.2 Å². The standard InChI is InChI=1S/C13H15ClN2O2S/c1-13(2,12(15)17)16-11(8-4-3-7-18-8)9-5-6-10(14)19-9/h3-7,11,16H,1-2H3,(H2,15,17). The number of rotatable bonds is 5. The third kappa shape index (κ3) is 3.18. The molecule has 6 heteroatoms. The predicted octanol–water partition coefficient (Wildman–Crippen LogP) is 2.94. The van der Waals surface area contributed by atoms with Crippen molar-refractivity contribution in [3.8, 4) is 0 Å². The van der Waals surface area contributed by atoms with Crippen molar-refractivity contribution in [2.75, 3.05) is 0 Å². The summed E-state index contributed by atoms with van der Waals surface area (Å²) in [6.07, 6.45) is 1.59. The molecule has 2 rings (SSSR count). The maximum Gasteiger partial charge on any atom is 0.237 e. The second-order valence-corrected chi connectivity index (χ2v) is 6.47. The summed E-state index contributed by atoms with van der Waals surface area (Å²) in [7, 11) is 0. The summed E-state index contributed by atoms with van der Waals surface area (Å²) >= 11 is 7.41. The monoisotopic (exact) mass is 298 g/mol. The summed E-state index contributed by atoms with van der Waals surface area (Å²) in [6, 6.07) is 7.12. The molecule has 0 aliphatic rings. The second kappa shape index (κ2) is 5.36. The number of thiophene rings is 1. The van der Waals surface area contributed by atoms with Crippen LogP contribution in [0.25, 0.3) is 0 Å². The lowest BCUT2D eigenvalue weighted by atomic mass is 10.0. The molecule has 0 aliphatic carbocycles. The van der Waals surface area contributed by atoms with Crippen LogP contribution in [-0.2, 0) is 4.79 Å². The first kappa shape index (κ1) is 14.1. The summed E-state index contributed by atoms with van der Waals surface area (Å²) < 4.78 is 6.12. The van der Waals surface area contributed by atoms with Gasteiger partial charge in [-0.05, 0) is 38.1 Å². The van der Waals surface area contributed by atoms with Crippen molar-refractivity contribution in [2.45, 2.75) is 25.4 Å². The van der Waals surface area contributed by atoms with Crippen LogP contribution in [0.1, 0.15) is 30.5 Å². The Morgan fingerprint density at radius 2 is 2.21 bits per heavy atom. The van der Waals surface area contributed by atoms with Crippen LogP contribution in [0.2, 0.25) is 4.34 Å². The van der Waals surface area contributed by atoms with Crippen LogP contribution in [-0.4, -0.2) is 11.4 Å². The molecule has 1 amide bonds. The van der Waals surface area contributed by atoms with Gasteiger partial charge in [0.15, 0.2) is 0 Å². The van der Waals surface area contributed by atoms with E-state index in [0.29, 0.717) is 10.1 Å². The van der Waals surface area contributed by atoms with E-state index in [2.05, 4.69) is 5.32 Å². The number of nitrogens with one attached hydrogen (secondary N) is 1. The number of primary amides is 1. The zero-order valence-electron chi connectivity index (χ0n) is 10.6. The Bertz CT molecular complexity index is 563. The van der Waals surface area contributed by atoms with E-state index in [4.69, 9.17) is 21.8 Å². The zero-order chi connectivity index (χ0) is 14.0. The van der Waals surface area contributed by atoms with Gasteiger partial charge in [0.2, 0.25) is 5.91 Å². The summed E-state index contributed by atoms with van der Waals surface area (Å²) in [6.45, 7) is 3.47. The fraction of sp³-hybridized carbons (Fsp3) is 0.308. The zero-order valence-corrected chi connectivity index (χ0v) is 12.2. The molecular formula is C13H15ClN2O2S. The molecular weight excluding hydrogens is 284 g/mol. The van der Waals surface area contributed by atoms with Crippen LogP contribution in [0.3, 0.4) is 0 Å². The molecule has 0 bridgehead atoms. The molecule has 0 aliphatic heterocycles. The molecule has 0 fully saturated rings. The Morgan fingerprint density at radius 3 is 2.68 bits per heavy atom. The van der Waals surface area contributed by atoms with Crippen molar-refractivity contribution in [3.05, 3.63) is 45.5 Å². The molecule has 1 atom stereocenters. The molecule has 0 saturated carbocycles. The average molecular weight is 299 g/mol. The van der Waals surface area contributed by atoms with Crippen molar-refractivity contribution in [1.82, 2.24) is 5.32 Å². The molecule has 0 radical (unpaired) electrons. The largest absolute Gasteiger partial charge is 0.467 e. The summed E-state index contributed by atoms with van der Waals surface area (Å²) in [5, 5.41) is 3.21. The average Bonchev–Trinajstić information content (AvgIpc) is 2.96. The number of halogens is 1. The van der Waals surface area contributed by atoms with Gasteiger partial charge >= 0.3 is 0 Å². The molecule has 1 unspecified atom stereocenters. The maximum atomic E-state index is 11.5. The minimum absolute atomic E-state index is 0.255. The van der Waals surface area contributed by atoms with Crippen molar-refractivity contribution >= 4 is 28.8 Å². The van der Waals surface area contributed by atoms with Crippen LogP contribution in [0.5, 0.6) is 0 Å². The van der Waals surface area contributed by atoms with Gasteiger partial charge in [0, 0.05) is 4.88 Å². The molecule has 102 valence electrons. The highest BCUT2D eigenvalue weighted by molar-refractivity contribution is 7.16. The van der Waals surface area contributed by atoms with Gasteiger partial charge in [0.25, 0.3) is 0 Å². The van der Waals surface area contributed by atoms with Gasteiger partial charge in [0.1, 0.15) is 11.8 Å². The molecule has 4 nitrogen and oxygen atoms in total. The van der Waals surface area contributed by atoms with Gasteiger partial charge in [0.05, 0.1) is 16.1 Å². The number of amides is 1. The van der Waals surface area contributed by atoms with E-state index in [1.54, 1.807) is 26.2 Å². The number of hydrogen-bond acceptors (Lipinski definition) is 4. The van der Waals surface area contributed by atoms with Gasteiger partial charge in [-0.1, -0.05) is 11.6 Å². The minimum atomic E-state index is -0.853. The Balaban J connectivity index is 2.33. The smallest absolute Gasteiger partial charge is 0.237 e. The summed E-state index contributed by atoms with van der Waals surface area (Å²) in [4.78, 5) is 12.4. The molecule has 19 heavy (non-hydrogen) atoms. The van der Waals surface area contributed by atoms with Gasteiger partial charge in [-0.25, -0.2) is 0 Å². The molecule has 2 aromatic heterocycles. The second-order valence-electron chi connectivity index (χ2n) is 4.72. The van der Waals surface area contributed by atoms with Gasteiger partial charge in [-0.2, -0.15) is 0 Å². The third-order valence-electron chi connectivity index (χ3n) is 2.83. The first-order chi connectivity index (χ1) is 8.90. The molecule has 3 N–H and O–H groups in total. The van der Waals surface area contributed by atoms with Gasteiger partial charge in [-0.3, -0.25) is 10.1 Å². The number of nitrogens with two attached hydrogens (primary N) is 1. The van der Waals surface area contributed by atoms with Crippen LogP contribution >= 0.6 is 22.9 Å². The van der Waals surface area contributed by atoms with Crippen molar-refractivity contribution < 1.29 is 9.21 Å². The van der Waals surface area contributed by atoms with Crippen molar-refractivity contribution in [2.24, 2.45) is 5.73 Å². The molecule has 0 aromatic carbocycles. The number of hydrogen-bond donors (Lipinski definition) is 2. The third-order valence-corrected chi connectivity index (χ3v) is 4.12. The first-order valence-electron chi connectivity index (χ1n) is 5.76. The van der Waals surface area contributed by atoms with Crippen LogP contribution in [0.4, 0.5) is 0 Å². The number of carbonyl (C=O) groups is 1. The Kier molecular flexibility index (Phi) is 3.99. The maximum absolute atomic E-state index is 11.5. The molecule has 0 saturated heterocycles. The van der Waals surface area contributed by atoms with E-state index in [9.17, 15) is 4.79 Å². The molecule has 0 spiro atoms. The lowest BCUT2D eigenvalue weighted by molar-refractivity contribution is -0.123. The highest BCUT2D eigenvalue weighted by Crippen LogP contribution is 2.32. The lowest BCUT2D eigenvalue weighted by Gasteiger charge is -2.27. The van der Waals surface area contributed by atoms with Gasteiger partial charge < -0.3 is 10.2 Å². The predicted molar refractivity (Wildman–Crippen MR) is 76.3 cm³/mol. The van der Waals surface area contributed by atoms with E-state index in [1.165, 1.54) is 11.3 Å². The van der Waals surface area contributed by atoms with E-state index >= 15 is 0 Å². The highest BCUT2D eigenvalue weighted by Gasteiger charge is 2.31. The summed E-state index contributed by atoms with van der Waals surface area (Å²) in [5.41, 5.74) is 4.55. The van der Waals surface area contributed by atoms with Crippen molar-refractivity contribution in [3.63, 3.8) is 0 Å². The first-order valence-corrected chi connectivity index (χ1v) is 6.96. The Hall–Kier alpha value is -1.30. The Labute approximate surface area is 120 Å².